The molecule has 2 heterocycles. The topological polar surface area (TPSA) is 51.5 Å². The average Bonchev–Trinajstić information content (AvgIpc) is 2.72. The monoisotopic (exact) mass is 195 g/mol. The van der Waals surface area contributed by atoms with Crippen LogP contribution >= 0.6 is 0 Å². The Morgan fingerprint density at radius 2 is 2.57 bits per heavy atom. The van der Waals surface area contributed by atoms with Crippen molar-refractivity contribution in [1.82, 2.24) is 5.32 Å². The van der Waals surface area contributed by atoms with E-state index in [0.29, 0.717) is 18.8 Å². The van der Waals surface area contributed by atoms with E-state index in [-0.39, 0.29) is 11.9 Å². The molecule has 1 N–H and O–H groups in total. The standard InChI is InChI=1S/C10H13NO3/c12-9(10-2-1-4-14-10)6-8-7-11-3-5-13-8/h1-2,4,8,11H,3,5-7H2. The van der Waals surface area contributed by atoms with Gasteiger partial charge in [-0.25, -0.2) is 0 Å². The van der Waals surface area contributed by atoms with Crippen molar-refractivity contribution in [1.29, 1.82) is 0 Å². The van der Waals surface area contributed by atoms with Crippen molar-refractivity contribution in [2.75, 3.05) is 19.7 Å². The van der Waals surface area contributed by atoms with Crippen LogP contribution in [-0.4, -0.2) is 31.6 Å². The Bertz CT molecular complexity index is 288. The normalized spacial score (nSPS) is 22.1. The molecule has 1 unspecified atom stereocenters. The number of ether oxygens (including phenoxy) is 1. The summed E-state index contributed by atoms with van der Waals surface area (Å²) in [7, 11) is 0. The third-order valence-electron chi connectivity index (χ3n) is 2.21. The Morgan fingerprint density at radius 3 is 3.21 bits per heavy atom. The van der Waals surface area contributed by atoms with Crippen LogP contribution in [0.15, 0.2) is 22.8 Å². The van der Waals surface area contributed by atoms with E-state index in [0.717, 1.165) is 13.1 Å². The Labute approximate surface area is 82.2 Å². The minimum atomic E-state index is -0.0126. The Morgan fingerprint density at radius 1 is 1.64 bits per heavy atom. The molecule has 1 fully saturated rings. The average molecular weight is 195 g/mol. The first kappa shape index (κ1) is 9.43. The van der Waals surface area contributed by atoms with Gasteiger partial charge in [-0.15, -0.1) is 0 Å². The molecule has 0 saturated carbocycles. The molecule has 0 aromatic carbocycles. The van der Waals surface area contributed by atoms with Crippen LogP contribution in [0.5, 0.6) is 0 Å². The number of rotatable bonds is 3. The molecule has 1 atom stereocenters. The number of hydrogen-bond donors (Lipinski definition) is 1. The fourth-order valence-electron chi connectivity index (χ4n) is 1.50. The summed E-state index contributed by atoms with van der Waals surface area (Å²) in [6.07, 6.45) is 1.88. The van der Waals surface area contributed by atoms with E-state index >= 15 is 0 Å². The maximum absolute atomic E-state index is 11.6. The van der Waals surface area contributed by atoms with Crippen LogP contribution in [0.1, 0.15) is 17.0 Å². The molecule has 2 rings (SSSR count). The van der Waals surface area contributed by atoms with Gasteiger partial charge in [0.15, 0.2) is 5.76 Å². The second-order valence-corrected chi connectivity index (χ2v) is 3.30. The molecular weight excluding hydrogens is 182 g/mol. The number of morpholine rings is 1. The van der Waals surface area contributed by atoms with Gasteiger partial charge < -0.3 is 14.5 Å². The van der Waals surface area contributed by atoms with E-state index in [4.69, 9.17) is 9.15 Å². The molecule has 0 spiro atoms. The largest absolute Gasteiger partial charge is 0.461 e. The van der Waals surface area contributed by atoms with Crippen molar-refractivity contribution < 1.29 is 13.9 Å². The summed E-state index contributed by atoms with van der Waals surface area (Å²) >= 11 is 0. The Kier molecular flexibility index (Phi) is 2.96. The summed E-state index contributed by atoms with van der Waals surface area (Å²) < 4.78 is 10.4. The lowest BCUT2D eigenvalue weighted by Crippen LogP contribution is -2.39. The molecule has 0 radical (unpaired) electrons. The van der Waals surface area contributed by atoms with Crippen LogP contribution in [-0.2, 0) is 4.74 Å². The maximum atomic E-state index is 11.6. The lowest BCUT2D eigenvalue weighted by molar-refractivity contribution is 0.0233. The first-order valence-corrected chi connectivity index (χ1v) is 4.75. The number of furan rings is 1. The van der Waals surface area contributed by atoms with Gasteiger partial charge in [0.25, 0.3) is 0 Å². The first-order chi connectivity index (χ1) is 6.86. The summed E-state index contributed by atoms with van der Waals surface area (Å²) in [5.74, 6) is 0.419. The van der Waals surface area contributed by atoms with Gasteiger partial charge in [0.2, 0.25) is 5.78 Å². The van der Waals surface area contributed by atoms with Crippen LogP contribution in [0, 0.1) is 0 Å². The Balaban J connectivity index is 1.87. The zero-order valence-corrected chi connectivity index (χ0v) is 7.86. The summed E-state index contributed by atoms with van der Waals surface area (Å²) in [4.78, 5) is 11.6. The number of Topliss-reactive ketones (excluding diaryl/α,β-unsaturated/α-hetero) is 1. The van der Waals surface area contributed by atoms with Gasteiger partial charge >= 0.3 is 0 Å². The maximum Gasteiger partial charge on any atom is 0.200 e. The minimum Gasteiger partial charge on any atom is -0.461 e. The molecule has 0 bridgehead atoms. The highest BCUT2D eigenvalue weighted by Crippen LogP contribution is 2.09. The van der Waals surface area contributed by atoms with Gasteiger partial charge in [-0.3, -0.25) is 4.79 Å². The van der Waals surface area contributed by atoms with Crippen LogP contribution in [0.4, 0.5) is 0 Å². The molecule has 0 amide bonds. The van der Waals surface area contributed by atoms with Crippen molar-refractivity contribution in [2.24, 2.45) is 0 Å². The number of carbonyl (C=O) groups excluding carboxylic acids is 1. The van der Waals surface area contributed by atoms with Crippen molar-refractivity contribution in [3.8, 4) is 0 Å². The van der Waals surface area contributed by atoms with E-state index in [9.17, 15) is 4.79 Å². The lowest BCUT2D eigenvalue weighted by Gasteiger charge is -2.22. The van der Waals surface area contributed by atoms with E-state index < -0.39 is 0 Å². The van der Waals surface area contributed by atoms with E-state index in [1.54, 1.807) is 12.1 Å². The van der Waals surface area contributed by atoms with Crippen LogP contribution < -0.4 is 5.32 Å². The summed E-state index contributed by atoms with van der Waals surface area (Å²) in [6.45, 7) is 2.29. The summed E-state index contributed by atoms with van der Waals surface area (Å²) in [5, 5.41) is 3.18. The van der Waals surface area contributed by atoms with Gasteiger partial charge in [0.05, 0.1) is 19.0 Å². The second kappa shape index (κ2) is 4.39. The highest BCUT2D eigenvalue weighted by atomic mass is 16.5. The molecule has 1 aliphatic heterocycles. The van der Waals surface area contributed by atoms with E-state index in [1.165, 1.54) is 6.26 Å². The molecule has 1 aliphatic rings. The van der Waals surface area contributed by atoms with Gasteiger partial charge in [-0.1, -0.05) is 0 Å². The fraction of sp³-hybridized carbons (Fsp3) is 0.500. The van der Waals surface area contributed by atoms with Crippen LogP contribution in [0.2, 0.25) is 0 Å². The molecule has 1 aromatic heterocycles. The molecule has 76 valence electrons. The van der Waals surface area contributed by atoms with Crippen LogP contribution in [0.3, 0.4) is 0 Å². The second-order valence-electron chi connectivity index (χ2n) is 3.30. The number of ketones is 1. The molecule has 1 saturated heterocycles. The first-order valence-electron chi connectivity index (χ1n) is 4.75. The molecule has 4 nitrogen and oxygen atoms in total. The predicted octanol–water partition coefficient (Wildman–Crippen LogP) is 0.841. The van der Waals surface area contributed by atoms with Gasteiger partial charge in [-0.05, 0) is 12.1 Å². The van der Waals surface area contributed by atoms with Crippen molar-refractivity contribution in [3.05, 3.63) is 24.2 Å². The van der Waals surface area contributed by atoms with Crippen molar-refractivity contribution >= 4 is 5.78 Å². The summed E-state index contributed by atoms with van der Waals surface area (Å²) in [5.41, 5.74) is 0. The van der Waals surface area contributed by atoms with Gasteiger partial charge in [-0.2, -0.15) is 0 Å². The zero-order valence-electron chi connectivity index (χ0n) is 7.86. The molecule has 4 heteroatoms. The van der Waals surface area contributed by atoms with Crippen LogP contribution in [0.25, 0.3) is 0 Å². The molecule has 0 aliphatic carbocycles. The molecule has 1 aromatic rings. The quantitative estimate of drug-likeness (QED) is 0.726. The number of nitrogens with one attached hydrogen (secondary N) is 1. The van der Waals surface area contributed by atoms with Crippen molar-refractivity contribution in [3.63, 3.8) is 0 Å². The summed E-state index contributed by atoms with van der Waals surface area (Å²) in [6, 6.07) is 3.39. The van der Waals surface area contributed by atoms with E-state index in [1.807, 2.05) is 0 Å². The van der Waals surface area contributed by atoms with Crippen molar-refractivity contribution in [2.45, 2.75) is 12.5 Å². The smallest absolute Gasteiger partial charge is 0.200 e. The van der Waals surface area contributed by atoms with E-state index in [2.05, 4.69) is 5.32 Å². The fourth-order valence-corrected chi connectivity index (χ4v) is 1.50. The number of hydrogen-bond acceptors (Lipinski definition) is 4. The third kappa shape index (κ3) is 2.21. The third-order valence-corrected chi connectivity index (χ3v) is 2.21. The number of carbonyl (C=O) groups is 1. The van der Waals surface area contributed by atoms with Gasteiger partial charge in [0.1, 0.15) is 0 Å². The minimum absolute atomic E-state index is 0.00343. The SMILES string of the molecule is O=C(CC1CNCCO1)c1ccco1. The highest BCUT2D eigenvalue weighted by molar-refractivity contribution is 5.93. The Hall–Kier alpha value is -1.13. The molecule has 14 heavy (non-hydrogen) atoms. The lowest BCUT2D eigenvalue weighted by atomic mass is 10.1. The molecular formula is C10H13NO3. The van der Waals surface area contributed by atoms with Gasteiger partial charge in [0, 0.05) is 19.5 Å². The predicted molar refractivity (Wildman–Crippen MR) is 50.3 cm³/mol. The zero-order chi connectivity index (χ0) is 9.80. The highest BCUT2D eigenvalue weighted by Gasteiger charge is 2.19.